The maximum Gasteiger partial charge on any atom is 0.282 e. The van der Waals surface area contributed by atoms with Crippen molar-refractivity contribution in [2.45, 2.75) is 51.8 Å². The molecule has 1 fully saturated rings. The average molecular weight is 354 g/mol. The maximum atomic E-state index is 14.1. The van der Waals surface area contributed by atoms with Gasteiger partial charge < -0.3 is 9.84 Å². The van der Waals surface area contributed by atoms with Crippen molar-refractivity contribution in [3.63, 3.8) is 0 Å². The summed E-state index contributed by atoms with van der Waals surface area (Å²) < 4.78 is 20.6. The topological polar surface area (TPSA) is 135 Å². The summed E-state index contributed by atoms with van der Waals surface area (Å²) in [6, 6.07) is 0. The fourth-order valence-corrected chi connectivity index (χ4v) is 2.57. The minimum atomic E-state index is -1.59. The highest BCUT2D eigenvalue weighted by Gasteiger charge is 2.45. The summed E-state index contributed by atoms with van der Waals surface area (Å²) in [5.74, 6) is -0.744. The Hall–Kier alpha value is -2.40. The number of nitrogens with one attached hydrogen (secondary N) is 2. The van der Waals surface area contributed by atoms with Gasteiger partial charge in [-0.15, -0.1) is 5.10 Å². The molecule has 11 heteroatoms. The number of anilines is 1. The summed E-state index contributed by atoms with van der Waals surface area (Å²) in [6.45, 7) is 5.11. The van der Waals surface area contributed by atoms with Crippen LogP contribution in [-0.2, 0) is 9.53 Å². The number of carbonyl (C=O) groups is 1. The summed E-state index contributed by atoms with van der Waals surface area (Å²) in [5.41, 5.74) is -0.740. The van der Waals surface area contributed by atoms with Gasteiger partial charge in [-0.25, -0.2) is 4.39 Å². The van der Waals surface area contributed by atoms with Crippen molar-refractivity contribution in [1.82, 2.24) is 25.0 Å². The van der Waals surface area contributed by atoms with Crippen LogP contribution in [0.15, 0.2) is 4.79 Å². The third kappa shape index (κ3) is 3.00. The summed E-state index contributed by atoms with van der Waals surface area (Å²) in [5, 5.41) is 20.0. The summed E-state index contributed by atoms with van der Waals surface area (Å²) in [6.07, 6.45) is -4.64. The Morgan fingerprint density at radius 3 is 2.84 bits per heavy atom. The molecule has 0 spiro atoms. The molecule has 3 heterocycles. The number of hydrogen-bond acceptors (Lipinski definition) is 7. The zero-order valence-electron chi connectivity index (χ0n) is 13.9. The van der Waals surface area contributed by atoms with Crippen molar-refractivity contribution in [1.29, 1.82) is 0 Å². The van der Waals surface area contributed by atoms with Gasteiger partial charge in [0.15, 0.2) is 23.6 Å². The van der Waals surface area contributed by atoms with Crippen LogP contribution >= 0.6 is 0 Å². The van der Waals surface area contributed by atoms with Crippen LogP contribution in [0.4, 0.5) is 10.3 Å². The molecule has 25 heavy (non-hydrogen) atoms. The van der Waals surface area contributed by atoms with E-state index in [9.17, 15) is 19.1 Å². The molecule has 2 aromatic heterocycles. The lowest BCUT2D eigenvalue weighted by molar-refractivity contribution is -0.118. The first-order valence-corrected chi connectivity index (χ1v) is 7.97. The number of ether oxygens (including phenoxy) is 1. The number of amides is 1. The minimum Gasteiger partial charge on any atom is -0.385 e. The zero-order valence-corrected chi connectivity index (χ0v) is 13.9. The number of carbonyl (C=O) groups excluding carboxylic acids is 1. The molecular weight excluding hydrogens is 335 g/mol. The van der Waals surface area contributed by atoms with Crippen LogP contribution in [0.3, 0.4) is 0 Å². The lowest BCUT2D eigenvalue weighted by atomic mass is 10.1. The largest absolute Gasteiger partial charge is 0.385 e. The van der Waals surface area contributed by atoms with Crippen LogP contribution in [0.25, 0.3) is 11.2 Å². The number of aliphatic hydroxyl groups is 1. The van der Waals surface area contributed by atoms with Crippen LogP contribution in [0.1, 0.15) is 33.4 Å². The van der Waals surface area contributed by atoms with Gasteiger partial charge in [-0.1, -0.05) is 26.0 Å². The fourth-order valence-electron chi connectivity index (χ4n) is 2.57. The van der Waals surface area contributed by atoms with Crippen molar-refractivity contribution in [2.75, 3.05) is 5.32 Å². The second-order valence-electron chi connectivity index (χ2n) is 6.17. The highest BCUT2D eigenvalue weighted by atomic mass is 19.1. The van der Waals surface area contributed by atoms with Crippen LogP contribution in [-0.4, -0.2) is 54.4 Å². The Bertz CT molecular complexity index is 849. The molecule has 0 unspecified atom stereocenters. The number of fused-ring (bicyclic) bond motifs is 1. The molecule has 10 nitrogen and oxygen atoms in total. The minimum absolute atomic E-state index is 0.0178. The van der Waals surface area contributed by atoms with E-state index in [0.29, 0.717) is 6.42 Å². The van der Waals surface area contributed by atoms with Gasteiger partial charge >= 0.3 is 0 Å². The van der Waals surface area contributed by atoms with Gasteiger partial charge in [0, 0.05) is 5.92 Å². The van der Waals surface area contributed by atoms with Gasteiger partial charge in [0.25, 0.3) is 5.56 Å². The Balaban J connectivity index is 2.01. The smallest absolute Gasteiger partial charge is 0.282 e. The van der Waals surface area contributed by atoms with E-state index in [-0.39, 0.29) is 28.9 Å². The number of rotatable bonds is 4. The third-order valence-electron chi connectivity index (χ3n) is 4.03. The number of halogens is 1. The Kier molecular flexibility index (Phi) is 4.52. The van der Waals surface area contributed by atoms with Gasteiger partial charge in [-0.05, 0) is 6.42 Å². The van der Waals surface area contributed by atoms with Gasteiger partial charge in [0.05, 0.1) is 6.10 Å². The summed E-state index contributed by atoms with van der Waals surface area (Å²) >= 11 is 0. The molecule has 0 saturated carbocycles. The highest BCUT2D eigenvalue weighted by molar-refractivity contribution is 5.90. The maximum absolute atomic E-state index is 14.1. The SMILES string of the molecule is CC[C@H]1O[C@@H](n2nnc3c(=O)[nH]c(NC(=O)C(C)C)nc32)[C@H](O)[C@H]1F. The second-order valence-corrected chi connectivity index (χ2v) is 6.17. The number of aromatic amines is 1. The van der Waals surface area contributed by atoms with E-state index in [1.165, 1.54) is 0 Å². The predicted molar refractivity (Wildman–Crippen MR) is 84.5 cm³/mol. The molecule has 3 N–H and O–H groups in total. The number of aliphatic hydroxyl groups excluding tert-OH is 1. The van der Waals surface area contributed by atoms with Crippen molar-refractivity contribution >= 4 is 23.0 Å². The number of aromatic nitrogens is 5. The van der Waals surface area contributed by atoms with Crippen LogP contribution < -0.4 is 10.9 Å². The van der Waals surface area contributed by atoms with Gasteiger partial charge in [-0.2, -0.15) is 9.67 Å². The van der Waals surface area contributed by atoms with Crippen LogP contribution in [0, 0.1) is 5.92 Å². The fraction of sp³-hybridized carbons (Fsp3) is 0.643. The summed E-state index contributed by atoms with van der Waals surface area (Å²) in [7, 11) is 0. The zero-order chi connectivity index (χ0) is 18.3. The van der Waals surface area contributed by atoms with Gasteiger partial charge in [0.1, 0.15) is 6.10 Å². The Labute approximate surface area is 141 Å². The van der Waals surface area contributed by atoms with Crippen LogP contribution in [0.5, 0.6) is 0 Å². The lowest BCUT2D eigenvalue weighted by Crippen LogP contribution is -2.28. The molecule has 1 amide bonds. The Morgan fingerprint density at radius 1 is 1.52 bits per heavy atom. The molecule has 1 aliphatic heterocycles. The number of H-pyrrole nitrogens is 1. The van der Waals surface area contributed by atoms with Crippen molar-refractivity contribution < 1.29 is 19.0 Å². The molecule has 136 valence electrons. The summed E-state index contributed by atoms with van der Waals surface area (Å²) in [4.78, 5) is 30.4. The van der Waals surface area contributed by atoms with E-state index in [1.807, 2.05) is 0 Å². The Morgan fingerprint density at radius 2 is 2.24 bits per heavy atom. The quantitative estimate of drug-likeness (QED) is 0.709. The highest BCUT2D eigenvalue weighted by Crippen LogP contribution is 2.33. The van der Waals surface area contributed by atoms with Crippen molar-refractivity contribution in [3.8, 4) is 0 Å². The molecule has 0 radical (unpaired) electrons. The van der Waals surface area contributed by atoms with E-state index in [2.05, 4.69) is 25.6 Å². The van der Waals surface area contributed by atoms with Gasteiger partial charge in [0.2, 0.25) is 11.9 Å². The van der Waals surface area contributed by atoms with E-state index in [0.717, 1.165) is 4.68 Å². The molecule has 0 aliphatic carbocycles. The standard InChI is InChI=1S/C14H19FN6O4/c1-4-6-7(15)9(22)13(25-6)21-10-8(19-20-21)12(24)18-14(16-10)17-11(23)5(2)3/h5-7,9,13,22H,4H2,1-3H3,(H2,16,17,18,23,24)/t6-,7+,9-,13-/m1/s1. The number of alkyl halides is 1. The molecule has 2 aromatic rings. The molecule has 1 aliphatic rings. The predicted octanol–water partition coefficient (Wildman–Crippen LogP) is 0.115. The second kappa shape index (κ2) is 6.48. The first-order chi connectivity index (χ1) is 11.8. The van der Waals surface area contributed by atoms with Crippen molar-refractivity contribution in [2.24, 2.45) is 5.92 Å². The normalized spacial score (nSPS) is 26.5. The molecule has 0 bridgehead atoms. The first kappa shape index (κ1) is 17.4. The van der Waals surface area contributed by atoms with Crippen LogP contribution in [0.2, 0.25) is 0 Å². The molecule has 3 rings (SSSR count). The average Bonchev–Trinajstić information content (AvgIpc) is 3.10. The van der Waals surface area contributed by atoms with Crippen molar-refractivity contribution in [3.05, 3.63) is 10.4 Å². The monoisotopic (exact) mass is 354 g/mol. The van der Waals surface area contributed by atoms with E-state index >= 15 is 0 Å². The third-order valence-corrected chi connectivity index (χ3v) is 4.03. The number of nitrogens with zero attached hydrogens (tertiary/aromatic N) is 4. The first-order valence-electron chi connectivity index (χ1n) is 7.97. The lowest BCUT2D eigenvalue weighted by Gasteiger charge is -2.14. The molecular formula is C14H19FN6O4. The van der Waals surface area contributed by atoms with E-state index < -0.39 is 30.2 Å². The molecule has 0 aromatic carbocycles. The molecule has 4 atom stereocenters. The number of hydrogen-bond donors (Lipinski definition) is 3. The molecule has 1 saturated heterocycles. The van der Waals surface area contributed by atoms with E-state index in [4.69, 9.17) is 4.74 Å². The van der Waals surface area contributed by atoms with Gasteiger partial charge in [-0.3, -0.25) is 19.9 Å². The van der Waals surface area contributed by atoms with E-state index in [1.54, 1.807) is 20.8 Å².